The van der Waals surface area contributed by atoms with Crippen LogP contribution in [0.3, 0.4) is 0 Å². The van der Waals surface area contributed by atoms with Gasteiger partial charge in [-0.25, -0.2) is 4.79 Å². The molecular formula is C19H27N3O2. The van der Waals surface area contributed by atoms with Crippen LogP contribution in [0.15, 0.2) is 18.2 Å². The van der Waals surface area contributed by atoms with Gasteiger partial charge in [0.2, 0.25) is 5.91 Å². The predicted octanol–water partition coefficient (Wildman–Crippen LogP) is 3.22. The summed E-state index contributed by atoms with van der Waals surface area (Å²) in [6, 6.07) is 6.08. The number of anilines is 1. The standard InChI is InChI=1S/C19H27N3O2/c1-14-11-15(2)13-16(12-14)21-18(24)22-9-6-19(7-10-22)4-3-17(23)20-8-5-19/h11-13H,3-10H2,1-2H3,(H,20,23)(H,21,24). The molecule has 0 aromatic heterocycles. The first kappa shape index (κ1) is 16.8. The van der Waals surface area contributed by atoms with Crippen molar-refractivity contribution in [2.75, 3.05) is 25.0 Å². The minimum Gasteiger partial charge on any atom is -0.356 e. The summed E-state index contributed by atoms with van der Waals surface area (Å²) >= 11 is 0. The zero-order valence-electron chi connectivity index (χ0n) is 14.7. The fraction of sp³-hybridized carbons (Fsp3) is 0.579. The van der Waals surface area contributed by atoms with Crippen LogP contribution in [0.1, 0.15) is 43.2 Å². The van der Waals surface area contributed by atoms with Crippen LogP contribution in [0.2, 0.25) is 0 Å². The third kappa shape index (κ3) is 3.89. The molecule has 5 heteroatoms. The second kappa shape index (κ2) is 6.83. The van der Waals surface area contributed by atoms with Crippen molar-refractivity contribution in [3.63, 3.8) is 0 Å². The van der Waals surface area contributed by atoms with E-state index in [1.54, 1.807) is 0 Å². The Morgan fingerprint density at radius 3 is 2.42 bits per heavy atom. The average molecular weight is 329 g/mol. The average Bonchev–Trinajstić information content (AvgIpc) is 2.69. The highest BCUT2D eigenvalue weighted by molar-refractivity contribution is 5.89. The molecule has 5 nitrogen and oxygen atoms in total. The molecule has 2 heterocycles. The first-order valence-electron chi connectivity index (χ1n) is 8.87. The van der Waals surface area contributed by atoms with Crippen LogP contribution in [0.4, 0.5) is 10.5 Å². The van der Waals surface area contributed by atoms with E-state index in [2.05, 4.69) is 16.7 Å². The monoisotopic (exact) mass is 329 g/mol. The molecule has 130 valence electrons. The summed E-state index contributed by atoms with van der Waals surface area (Å²) < 4.78 is 0. The van der Waals surface area contributed by atoms with Crippen LogP contribution in [-0.4, -0.2) is 36.5 Å². The number of amides is 3. The normalized spacial score (nSPS) is 20.4. The van der Waals surface area contributed by atoms with E-state index < -0.39 is 0 Å². The molecular weight excluding hydrogens is 302 g/mol. The number of nitrogens with one attached hydrogen (secondary N) is 2. The fourth-order valence-corrected chi connectivity index (χ4v) is 3.99. The van der Waals surface area contributed by atoms with Gasteiger partial charge in [-0.3, -0.25) is 4.79 Å². The molecule has 1 aromatic carbocycles. The molecule has 2 aliphatic heterocycles. The zero-order valence-corrected chi connectivity index (χ0v) is 14.7. The van der Waals surface area contributed by atoms with Crippen molar-refractivity contribution in [2.45, 2.75) is 46.0 Å². The Labute approximate surface area is 143 Å². The summed E-state index contributed by atoms with van der Waals surface area (Å²) in [5.74, 6) is 0.168. The summed E-state index contributed by atoms with van der Waals surface area (Å²) in [4.78, 5) is 26.0. The van der Waals surface area contributed by atoms with Crippen LogP contribution in [0, 0.1) is 19.3 Å². The number of hydrogen-bond donors (Lipinski definition) is 2. The Hall–Kier alpha value is -2.04. The van der Waals surface area contributed by atoms with Gasteiger partial charge in [-0.1, -0.05) is 6.07 Å². The first-order chi connectivity index (χ1) is 11.5. The molecule has 1 aromatic rings. The molecule has 0 unspecified atom stereocenters. The number of rotatable bonds is 1. The van der Waals surface area contributed by atoms with Crippen molar-refractivity contribution in [3.8, 4) is 0 Å². The number of benzene rings is 1. The summed E-state index contributed by atoms with van der Waals surface area (Å²) in [6.07, 6.45) is 4.58. The molecule has 0 saturated carbocycles. The highest BCUT2D eigenvalue weighted by atomic mass is 16.2. The summed E-state index contributed by atoms with van der Waals surface area (Å²) in [7, 11) is 0. The minimum absolute atomic E-state index is 0.0160. The van der Waals surface area contributed by atoms with Crippen LogP contribution >= 0.6 is 0 Å². The van der Waals surface area contributed by atoms with Crippen LogP contribution < -0.4 is 10.6 Å². The number of nitrogens with zero attached hydrogens (tertiary/aromatic N) is 1. The fourth-order valence-electron chi connectivity index (χ4n) is 3.99. The van der Waals surface area contributed by atoms with E-state index in [4.69, 9.17) is 0 Å². The predicted molar refractivity (Wildman–Crippen MR) is 95.0 cm³/mol. The molecule has 3 amide bonds. The Balaban J connectivity index is 1.57. The lowest BCUT2D eigenvalue weighted by atomic mass is 9.73. The summed E-state index contributed by atoms with van der Waals surface area (Å²) in [6.45, 7) is 6.38. The lowest BCUT2D eigenvalue weighted by Crippen LogP contribution is -2.45. The lowest BCUT2D eigenvalue weighted by molar-refractivity contribution is -0.121. The number of urea groups is 1. The molecule has 2 saturated heterocycles. The molecule has 0 bridgehead atoms. The number of likely N-dealkylation sites (tertiary alicyclic amines) is 1. The second-order valence-electron chi connectivity index (χ2n) is 7.39. The Kier molecular flexibility index (Phi) is 4.78. The molecule has 0 aliphatic carbocycles. The Bertz CT molecular complexity index is 613. The van der Waals surface area contributed by atoms with Crippen molar-refractivity contribution in [3.05, 3.63) is 29.3 Å². The maximum absolute atomic E-state index is 12.5. The highest BCUT2D eigenvalue weighted by Gasteiger charge is 2.37. The van der Waals surface area contributed by atoms with Gasteiger partial charge < -0.3 is 15.5 Å². The number of carbonyl (C=O) groups excluding carboxylic acids is 2. The molecule has 2 aliphatic rings. The van der Waals surface area contributed by atoms with Gasteiger partial charge in [0, 0.05) is 31.7 Å². The van der Waals surface area contributed by atoms with Gasteiger partial charge in [-0.15, -0.1) is 0 Å². The van der Waals surface area contributed by atoms with Crippen molar-refractivity contribution in [2.24, 2.45) is 5.41 Å². The van der Waals surface area contributed by atoms with E-state index in [-0.39, 0.29) is 17.4 Å². The number of carbonyl (C=O) groups is 2. The van der Waals surface area contributed by atoms with E-state index in [0.717, 1.165) is 62.1 Å². The van der Waals surface area contributed by atoms with Gasteiger partial charge in [0.05, 0.1) is 0 Å². The van der Waals surface area contributed by atoms with Gasteiger partial charge in [0.1, 0.15) is 0 Å². The number of hydrogen-bond acceptors (Lipinski definition) is 2. The molecule has 0 radical (unpaired) electrons. The third-order valence-electron chi connectivity index (χ3n) is 5.44. The van der Waals surface area contributed by atoms with E-state index in [0.29, 0.717) is 6.42 Å². The van der Waals surface area contributed by atoms with E-state index in [1.165, 1.54) is 0 Å². The largest absolute Gasteiger partial charge is 0.356 e. The van der Waals surface area contributed by atoms with Gasteiger partial charge in [-0.05, 0) is 68.2 Å². The van der Waals surface area contributed by atoms with E-state index in [1.807, 2.05) is 30.9 Å². The van der Waals surface area contributed by atoms with Crippen molar-refractivity contribution in [1.29, 1.82) is 0 Å². The number of piperidine rings is 1. The van der Waals surface area contributed by atoms with Gasteiger partial charge in [-0.2, -0.15) is 0 Å². The van der Waals surface area contributed by atoms with E-state index >= 15 is 0 Å². The third-order valence-corrected chi connectivity index (χ3v) is 5.44. The highest BCUT2D eigenvalue weighted by Crippen LogP contribution is 2.40. The second-order valence-corrected chi connectivity index (χ2v) is 7.39. The van der Waals surface area contributed by atoms with Gasteiger partial charge in [0.15, 0.2) is 0 Å². The van der Waals surface area contributed by atoms with Crippen LogP contribution in [0.5, 0.6) is 0 Å². The van der Waals surface area contributed by atoms with Crippen molar-refractivity contribution < 1.29 is 9.59 Å². The summed E-state index contributed by atoms with van der Waals surface area (Å²) in [5.41, 5.74) is 3.40. The maximum atomic E-state index is 12.5. The van der Waals surface area contributed by atoms with Gasteiger partial charge in [0.25, 0.3) is 0 Å². The number of aryl methyl sites for hydroxylation is 2. The van der Waals surface area contributed by atoms with Crippen molar-refractivity contribution in [1.82, 2.24) is 10.2 Å². The smallest absolute Gasteiger partial charge is 0.321 e. The molecule has 3 rings (SSSR count). The Morgan fingerprint density at radius 2 is 1.75 bits per heavy atom. The lowest BCUT2D eigenvalue weighted by Gasteiger charge is -2.41. The summed E-state index contributed by atoms with van der Waals surface area (Å²) in [5, 5.41) is 5.99. The molecule has 1 spiro atoms. The topological polar surface area (TPSA) is 61.4 Å². The zero-order chi connectivity index (χ0) is 17.2. The molecule has 2 N–H and O–H groups in total. The molecule has 2 fully saturated rings. The molecule has 24 heavy (non-hydrogen) atoms. The first-order valence-corrected chi connectivity index (χ1v) is 8.87. The Morgan fingerprint density at radius 1 is 1.08 bits per heavy atom. The molecule has 0 atom stereocenters. The maximum Gasteiger partial charge on any atom is 0.321 e. The van der Waals surface area contributed by atoms with E-state index in [9.17, 15) is 9.59 Å². The van der Waals surface area contributed by atoms with Crippen LogP contribution in [0.25, 0.3) is 0 Å². The SMILES string of the molecule is Cc1cc(C)cc(NC(=O)N2CCC3(CCNC(=O)CC3)CC2)c1. The minimum atomic E-state index is -0.0160. The van der Waals surface area contributed by atoms with Crippen molar-refractivity contribution >= 4 is 17.6 Å². The quantitative estimate of drug-likeness (QED) is 0.831. The van der Waals surface area contributed by atoms with Gasteiger partial charge >= 0.3 is 6.03 Å². The van der Waals surface area contributed by atoms with Crippen LogP contribution in [-0.2, 0) is 4.79 Å².